The third-order valence-electron chi connectivity index (χ3n) is 4.15. The van der Waals surface area contributed by atoms with E-state index in [0.717, 1.165) is 13.1 Å². The lowest BCUT2D eigenvalue weighted by molar-refractivity contribution is -0.899. The minimum Gasteiger partial charge on any atom is -0.370 e. The van der Waals surface area contributed by atoms with Crippen LogP contribution in [0.5, 0.6) is 0 Å². The average molecular weight is 360 g/mol. The van der Waals surface area contributed by atoms with E-state index in [2.05, 4.69) is 5.32 Å². The fourth-order valence-electron chi connectivity index (χ4n) is 2.82. The van der Waals surface area contributed by atoms with Crippen molar-refractivity contribution in [3.05, 3.63) is 64.7 Å². The fourth-order valence-corrected chi connectivity index (χ4v) is 2.99. The van der Waals surface area contributed by atoms with Crippen LogP contribution in [0, 0.1) is 0 Å². The Bertz CT molecular complexity index is 759. The van der Waals surface area contributed by atoms with Gasteiger partial charge in [-0.2, -0.15) is 0 Å². The number of rotatable bonds is 5. The summed E-state index contributed by atoms with van der Waals surface area (Å²) in [5.41, 5.74) is 1.43. The van der Waals surface area contributed by atoms with Gasteiger partial charge in [0.05, 0.1) is 18.9 Å². The van der Waals surface area contributed by atoms with Crippen LogP contribution in [0.4, 0.5) is 5.69 Å². The van der Waals surface area contributed by atoms with Crippen molar-refractivity contribution in [3.8, 4) is 0 Å². The van der Waals surface area contributed by atoms with E-state index in [0.29, 0.717) is 41.6 Å². The average Bonchev–Trinajstić information content (AvgIpc) is 2.64. The minimum atomic E-state index is -0.169. The van der Waals surface area contributed by atoms with Crippen LogP contribution >= 0.6 is 11.6 Å². The predicted molar refractivity (Wildman–Crippen MR) is 96.3 cm³/mol. The molecule has 1 aliphatic rings. The molecule has 0 unspecified atom stereocenters. The van der Waals surface area contributed by atoms with Gasteiger partial charge in [-0.15, -0.1) is 0 Å². The van der Waals surface area contributed by atoms with Gasteiger partial charge < -0.3 is 15.0 Å². The van der Waals surface area contributed by atoms with Crippen LogP contribution in [0.3, 0.4) is 0 Å². The number of ether oxygens (including phenoxy) is 1. The molecule has 2 aromatic carbocycles. The van der Waals surface area contributed by atoms with Gasteiger partial charge in [-0.25, -0.2) is 0 Å². The van der Waals surface area contributed by atoms with Gasteiger partial charge in [-0.05, 0) is 18.2 Å². The Morgan fingerprint density at radius 3 is 2.52 bits per heavy atom. The van der Waals surface area contributed by atoms with E-state index in [4.69, 9.17) is 16.3 Å². The third-order valence-corrected chi connectivity index (χ3v) is 4.38. The first-order valence-electron chi connectivity index (χ1n) is 8.24. The van der Waals surface area contributed by atoms with Crippen LogP contribution in [0.15, 0.2) is 48.5 Å². The lowest BCUT2D eigenvalue weighted by Gasteiger charge is -2.23. The molecule has 130 valence electrons. The van der Waals surface area contributed by atoms with Crippen molar-refractivity contribution in [3.63, 3.8) is 0 Å². The number of anilines is 1. The minimum absolute atomic E-state index is 0.124. The van der Waals surface area contributed by atoms with E-state index in [1.165, 1.54) is 4.90 Å². The van der Waals surface area contributed by atoms with Crippen LogP contribution in [0.2, 0.25) is 5.02 Å². The number of hydrogen-bond donors (Lipinski definition) is 2. The molecule has 25 heavy (non-hydrogen) atoms. The van der Waals surface area contributed by atoms with Crippen LogP contribution in [-0.2, 0) is 9.53 Å². The quantitative estimate of drug-likeness (QED) is 0.794. The molecule has 1 amide bonds. The molecule has 1 saturated heterocycles. The highest BCUT2D eigenvalue weighted by molar-refractivity contribution is 6.31. The van der Waals surface area contributed by atoms with Gasteiger partial charge in [0, 0.05) is 16.1 Å². The van der Waals surface area contributed by atoms with Gasteiger partial charge in [0.2, 0.25) is 0 Å². The molecule has 0 radical (unpaired) electrons. The first kappa shape index (κ1) is 17.6. The summed E-state index contributed by atoms with van der Waals surface area (Å²) in [6.45, 7) is 3.31. The smallest absolute Gasteiger partial charge is 0.279 e. The van der Waals surface area contributed by atoms with E-state index < -0.39 is 0 Å². The highest BCUT2D eigenvalue weighted by Crippen LogP contribution is 2.23. The molecule has 1 fully saturated rings. The maximum Gasteiger partial charge on any atom is 0.279 e. The SMILES string of the molecule is O=C(C[NH+]1CCOCC1)Nc1ccc(Cl)cc1C(=O)c1ccccc1. The van der Waals surface area contributed by atoms with Crippen molar-refractivity contribution < 1.29 is 19.2 Å². The van der Waals surface area contributed by atoms with Gasteiger partial charge in [0.25, 0.3) is 5.91 Å². The molecule has 0 atom stereocenters. The molecule has 0 bridgehead atoms. The van der Waals surface area contributed by atoms with Crippen LogP contribution < -0.4 is 10.2 Å². The monoisotopic (exact) mass is 359 g/mol. The summed E-state index contributed by atoms with van der Waals surface area (Å²) in [6, 6.07) is 13.9. The highest BCUT2D eigenvalue weighted by atomic mass is 35.5. The van der Waals surface area contributed by atoms with Crippen molar-refractivity contribution >= 4 is 29.0 Å². The first-order valence-corrected chi connectivity index (χ1v) is 8.62. The Morgan fingerprint density at radius 1 is 1.08 bits per heavy atom. The Morgan fingerprint density at radius 2 is 1.80 bits per heavy atom. The molecule has 0 saturated carbocycles. The van der Waals surface area contributed by atoms with Gasteiger partial charge in [0.15, 0.2) is 12.3 Å². The number of amides is 1. The summed E-state index contributed by atoms with van der Waals surface area (Å²) in [4.78, 5) is 26.3. The summed E-state index contributed by atoms with van der Waals surface area (Å²) in [5.74, 6) is -0.293. The second-order valence-electron chi connectivity index (χ2n) is 5.97. The number of nitrogens with one attached hydrogen (secondary N) is 2. The molecule has 0 spiro atoms. The summed E-state index contributed by atoms with van der Waals surface area (Å²) < 4.78 is 5.30. The second kappa shape index (κ2) is 8.25. The largest absolute Gasteiger partial charge is 0.370 e. The summed E-state index contributed by atoms with van der Waals surface area (Å²) in [5, 5.41) is 3.31. The molecule has 2 aromatic rings. The van der Waals surface area contributed by atoms with E-state index in [1.54, 1.807) is 42.5 Å². The van der Waals surface area contributed by atoms with Crippen molar-refractivity contribution in [1.82, 2.24) is 0 Å². The zero-order valence-corrected chi connectivity index (χ0v) is 14.5. The second-order valence-corrected chi connectivity index (χ2v) is 6.41. The van der Waals surface area contributed by atoms with Crippen molar-refractivity contribution in [1.29, 1.82) is 0 Å². The molecule has 0 aromatic heterocycles. The summed E-state index contributed by atoms with van der Waals surface area (Å²) >= 11 is 6.06. The zero-order valence-electron chi connectivity index (χ0n) is 13.8. The fraction of sp³-hybridized carbons (Fsp3) is 0.263. The molecule has 1 aliphatic heterocycles. The maximum atomic E-state index is 12.8. The Balaban J connectivity index is 1.77. The number of benzene rings is 2. The Kier molecular flexibility index (Phi) is 5.81. The highest BCUT2D eigenvalue weighted by Gasteiger charge is 2.20. The summed E-state index contributed by atoms with van der Waals surface area (Å²) in [6.07, 6.45) is 0. The molecule has 6 heteroatoms. The van der Waals surface area contributed by atoms with Gasteiger partial charge in [-0.1, -0.05) is 41.9 Å². The van der Waals surface area contributed by atoms with Gasteiger partial charge in [-0.3, -0.25) is 9.59 Å². The van der Waals surface area contributed by atoms with Crippen molar-refractivity contribution in [2.75, 3.05) is 38.2 Å². The lowest BCUT2D eigenvalue weighted by atomic mass is 10.0. The van der Waals surface area contributed by atoms with E-state index in [9.17, 15) is 9.59 Å². The number of carbonyl (C=O) groups is 2. The van der Waals surface area contributed by atoms with Crippen molar-refractivity contribution in [2.24, 2.45) is 0 Å². The lowest BCUT2D eigenvalue weighted by Crippen LogP contribution is -3.15. The number of hydrogen-bond acceptors (Lipinski definition) is 3. The molecular weight excluding hydrogens is 340 g/mol. The van der Waals surface area contributed by atoms with Gasteiger partial charge >= 0.3 is 0 Å². The predicted octanol–water partition coefficient (Wildman–Crippen LogP) is 1.42. The molecule has 1 heterocycles. The molecule has 3 rings (SSSR count). The molecule has 0 aliphatic carbocycles. The Labute approximate surface area is 151 Å². The van der Waals surface area contributed by atoms with E-state index in [-0.39, 0.29) is 11.7 Å². The summed E-state index contributed by atoms with van der Waals surface area (Å²) in [7, 11) is 0. The maximum absolute atomic E-state index is 12.8. The number of halogens is 1. The number of ketones is 1. The standard InChI is InChI=1S/C19H19ClN2O3/c20-15-6-7-17(21-18(23)13-22-8-10-25-11-9-22)16(12-15)19(24)14-4-2-1-3-5-14/h1-7,12H,8-11,13H2,(H,21,23)/p+1. The first-order chi connectivity index (χ1) is 12.1. The van der Waals surface area contributed by atoms with Gasteiger partial charge in [0.1, 0.15) is 13.1 Å². The number of morpholine rings is 1. The zero-order chi connectivity index (χ0) is 17.6. The van der Waals surface area contributed by atoms with Crippen LogP contribution in [-0.4, -0.2) is 44.5 Å². The normalized spacial score (nSPS) is 14.9. The number of carbonyl (C=O) groups excluding carboxylic acids is 2. The number of quaternary nitrogens is 1. The van der Waals surface area contributed by atoms with E-state index >= 15 is 0 Å². The Hall–Kier alpha value is -2.21. The molecular formula is C19H20ClN2O3+. The van der Waals surface area contributed by atoms with Crippen molar-refractivity contribution in [2.45, 2.75) is 0 Å². The van der Waals surface area contributed by atoms with Crippen LogP contribution in [0.1, 0.15) is 15.9 Å². The van der Waals surface area contributed by atoms with E-state index in [1.807, 2.05) is 6.07 Å². The van der Waals surface area contributed by atoms with Crippen LogP contribution in [0.25, 0.3) is 0 Å². The molecule has 2 N–H and O–H groups in total. The molecule has 5 nitrogen and oxygen atoms in total. The topological polar surface area (TPSA) is 59.8 Å². The third kappa shape index (κ3) is 4.66.